The summed E-state index contributed by atoms with van der Waals surface area (Å²) < 4.78 is 0. The molecule has 3 rings (SSSR count). The molecule has 2 aliphatic carbocycles. The maximum absolute atomic E-state index is 13.0. The molecule has 0 bridgehead atoms. The normalized spacial score (nSPS) is 32.0. The molecule has 0 aliphatic heterocycles. The summed E-state index contributed by atoms with van der Waals surface area (Å²) in [6.45, 7) is 7.48. The van der Waals surface area contributed by atoms with Crippen molar-refractivity contribution in [3.05, 3.63) is 10.6 Å². The summed E-state index contributed by atoms with van der Waals surface area (Å²) in [5.41, 5.74) is 0.184. The van der Waals surface area contributed by atoms with E-state index in [1.165, 1.54) is 4.88 Å². The highest BCUT2D eigenvalue weighted by molar-refractivity contribution is 7.15. The van der Waals surface area contributed by atoms with Crippen LogP contribution in [0.15, 0.2) is 0 Å². The van der Waals surface area contributed by atoms with Crippen LogP contribution < -0.4 is 5.32 Å². The van der Waals surface area contributed by atoms with Gasteiger partial charge in [0.25, 0.3) is 0 Å². The molecule has 1 fully saturated rings. The number of carbonyl (C=O) groups excluding carboxylic acids is 1. The van der Waals surface area contributed by atoms with E-state index in [0.717, 1.165) is 43.1 Å². The van der Waals surface area contributed by atoms with Gasteiger partial charge in [-0.1, -0.05) is 33.1 Å². The summed E-state index contributed by atoms with van der Waals surface area (Å²) in [7, 11) is 1.74. The van der Waals surface area contributed by atoms with Crippen LogP contribution in [-0.2, 0) is 11.2 Å². The highest BCUT2D eigenvalue weighted by atomic mass is 32.1. The van der Waals surface area contributed by atoms with Crippen LogP contribution >= 0.6 is 11.3 Å². The number of aliphatic hydroxyl groups excluding tert-OH is 2. The van der Waals surface area contributed by atoms with Gasteiger partial charge in [-0.3, -0.25) is 4.79 Å². The zero-order valence-corrected chi connectivity index (χ0v) is 20.1. The fourth-order valence-corrected chi connectivity index (χ4v) is 6.74. The average molecular weight is 448 g/mol. The summed E-state index contributed by atoms with van der Waals surface area (Å²) in [5.74, 6) is 2.57. The first-order chi connectivity index (χ1) is 14.7. The lowest BCUT2D eigenvalue weighted by Gasteiger charge is -2.58. The number of fused-ring (bicyclic) bond motifs is 2. The molecule has 0 saturated heterocycles. The predicted octanol–water partition coefficient (Wildman–Crippen LogP) is 3.25. The van der Waals surface area contributed by atoms with E-state index >= 15 is 0 Å². The lowest BCUT2D eigenvalue weighted by Crippen LogP contribution is -2.57. The Labute approximate surface area is 190 Å². The number of carbonyl (C=O) groups is 1. The largest absolute Gasteiger partial charge is 0.396 e. The summed E-state index contributed by atoms with van der Waals surface area (Å²) in [6.07, 6.45) is 9.61. The van der Waals surface area contributed by atoms with Crippen molar-refractivity contribution in [3.63, 3.8) is 0 Å². The highest BCUT2D eigenvalue weighted by Gasteiger charge is 2.59. The Morgan fingerprint density at radius 1 is 1.45 bits per heavy atom. The minimum absolute atomic E-state index is 0.0149. The molecule has 1 amide bonds. The van der Waals surface area contributed by atoms with Crippen molar-refractivity contribution in [1.29, 1.82) is 0 Å². The zero-order chi connectivity index (χ0) is 22.8. The Balaban J connectivity index is 2.01. The number of aliphatic hydroxyl groups is 2. The van der Waals surface area contributed by atoms with Crippen LogP contribution in [0.1, 0.15) is 69.4 Å². The lowest BCUT2D eigenvalue weighted by atomic mass is 9.47. The Morgan fingerprint density at radius 3 is 2.84 bits per heavy atom. The number of terminal acetylenes is 1. The minimum atomic E-state index is -0.601. The monoisotopic (exact) mass is 447 g/mol. The Kier molecular flexibility index (Phi) is 7.35. The first kappa shape index (κ1) is 24.0. The second-order valence-corrected chi connectivity index (χ2v) is 10.9. The van der Waals surface area contributed by atoms with Crippen molar-refractivity contribution >= 4 is 22.4 Å². The van der Waals surface area contributed by atoms with Gasteiger partial charge in [0.15, 0.2) is 5.13 Å². The molecule has 3 N–H and O–H groups in total. The molecule has 1 heterocycles. The van der Waals surface area contributed by atoms with Gasteiger partial charge in [0.05, 0.1) is 24.9 Å². The number of nitrogens with one attached hydrogen (secondary N) is 1. The summed E-state index contributed by atoms with van der Waals surface area (Å²) in [6, 6.07) is 0. The van der Waals surface area contributed by atoms with Gasteiger partial charge in [0, 0.05) is 36.2 Å². The maximum atomic E-state index is 13.0. The fraction of sp³-hybridized carbons (Fsp3) is 0.750. The second kappa shape index (κ2) is 9.48. The van der Waals surface area contributed by atoms with E-state index in [4.69, 9.17) is 11.4 Å². The minimum Gasteiger partial charge on any atom is -0.396 e. The number of rotatable bonds is 8. The zero-order valence-electron chi connectivity index (χ0n) is 19.3. The van der Waals surface area contributed by atoms with Crippen LogP contribution in [0.3, 0.4) is 0 Å². The van der Waals surface area contributed by atoms with Gasteiger partial charge in [-0.15, -0.1) is 17.8 Å². The second-order valence-electron chi connectivity index (χ2n) is 9.80. The number of hydrogen-bond acceptors (Lipinski definition) is 6. The van der Waals surface area contributed by atoms with Crippen molar-refractivity contribution in [3.8, 4) is 12.3 Å². The molecular formula is C24H37N3O3S. The molecule has 31 heavy (non-hydrogen) atoms. The van der Waals surface area contributed by atoms with Gasteiger partial charge >= 0.3 is 0 Å². The van der Waals surface area contributed by atoms with E-state index in [9.17, 15) is 15.0 Å². The molecule has 7 heteroatoms. The fourth-order valence-electron chi connectivity index (χ4n) is 5.65. The molecule has 5 unspecified atom stereocenters. The molecule has 6 nitrogen and oxygen atoms in total. The first-order valence-electron chi connectivity index (χ1n) is 11.4. The SMILES string of the molecule is C#CCN(C)C(=O)CC1c2nc(NCCCC)sc2CC2C(C)(CO)C(O)CCC12C. The van der Waals surface area contributed by atoms with E-state index in [1.807, 2.05) is 6.92 Å². The number of anilines is 1. The Hall–Kier alpha value is -1.62. The molecule has 0 aromatic carbocycles. The van der Waals surface area contributed by atoms with Crippen LogP contribution in [0.4, 0.5) is 5.13 Å². The van der Waals surface area contributed by atoms with E-state index in [1.54, 1.807) is 23.3 Å². The number of hydrogen-bond donors (Lipinski definition) is 3. The molecule has 2 aliphatic rings. The van der Waals surface area contributed by atoms with Gasteiger partial charge in [0.1, 0.15) is 0 Å². The van der Waals surface area contributed by atoms with Gasteiger partial charge in [-0.25, -0.2) is 4.98 Å². The van der Waals surface area contributed by atoms with E-state index in [0.29, 0.717) is 12.8 Å². The maximum Gasteiger partial charge on any atom is 0.223 e. The van der Waals surface area contributed by atoms with Crippen molar-refractivity contribution < 1.29 is 15.0 Å². The molecule has 1 aromatic heterocycles. The number of nitrogens with zero attached hydrogens (tertiary/aromatic N) is 2. The van der Waals surface area contributed by atoms with Gasteiger partial charge < -0.3 is 20.4 Å². The van der Waals surface area contributed by atoms with Gasteiger partial charge in [0.2, 0.25) is 5.91 Å². The van der Waals surface area contributed by atoms with Crippen LogP contribution in [0.25, 0.3) is 0 Å². The molecule has 1 aromatic rings. The quantitative estimate of drug-likeness (QED) is 0.421. The van der Waals surface area contributed by atoms with Gasteiger partial charge in [-0.05, 0) is 37.0 Å². The summed E-state index contributed by atoms with van der Waals surface area (Å²) >= 11 is 1.66. The smallest absolute Gasteiger partial charge is 0.223 e. The standard InChI is InChI=1S/C24H37N3O3S/c1-6-8-11-25-22-26-21-16(13-20(30)27(5)12-7-2)23(3)10-9-19(29)24(4,15-28)18(23)14-17(21)31-22/h2,16,18-19,28-29H,6,8-15H2,1,3-5H3,(H,25,26). The lowest BCUT2D eigenvalue weighted by molar-refractivity contribution is -0.146. The third kappa shape index (κ3) is 4.35. The number of unbranched alkanes of at least 4 members (excludes halogenated alkanes) is 1. The van der Waals surface area contributed by atoms with Crippen molar-refractivity contribution in [2.75, 3.05) is 32.1 Å². The number of thiazole rings is 1. The summed E-state index contributed by atoms with van der Waals surface area (Å²) in [5, 5.41) is 25.5. The molecule has 1 saturated carbocycles. The molecular weight excluding hydrogens is 410 g/mol. The molecule has 0 spiro atoms. The van der Waals surface area contributed by atoms with Crippen LogP contribution in [-0.4, -0.2) is 58.9 Å². The Morgan fingerprint density at radius 2 is 2.19 bits per heavy atom. The van der Waals surface area contributed by atoms with Gasteiger partial charge in [-0.2, -0.15) is 0 Å². The number of aromatic nitrogens is 1. The van der Waals surface area contributed by atoms with E-state index in [2.05, 4.69) is 25.1 Å². The van der Waals surface area contributed by atoms with E-state index in [-0.39, 0.29) is 36.3 Å². The first-order valence-corrected chi connectivity index (χ1v) is 12.2. The molecule has 0 radical (unpaired) electrons. The number of amides is 1. The van der Waals surface area contributed by atoms with Crippen LogP contribution in [0.2, 0.25) is 0 Å². The Bertz CT molecular complexity index is 835. The summed E-state index contributed by atoms with van der Waals surface area (Å²) in [4.78, 5) is 20.8. The van der Waals surface area contributed by atoms with Crippen molar-refractivity contribution in [2.24, 2.45) is 16.7 Å². The van der Waals surface area contributed by atoms with Crippen molar-refractivity contribution in [2.45, 2.75) is 71.3 Å². The molecule has 172 valence electrons. The van der Waals surface area contributed by atoms with E-state index < -0.39 is 11.5 Å². The van der Waals surface area contributed by atoms with Crippen molar-refractivity contribution in [1.82, 2.24) is 9.88 Å². The van der Waals surface area contributed by atoms with Crippen LogP contribution in [0, 0.1) is 29.1 Å². The predicted molar refractivity (Wildman–Crippen MR) is 125 cm³/mol. The third-order valence-corrected chi connectivity index (χ3v) is 8.88. The topological polar surface area (TPSA) is 85.7 Å². The highest BCUT2D eigenvalue weighted by Crippen LogP contribution is 2.62. The average Bonchev–Trinajstić information content (AvgIpc) is 3.15. The molecule has 5 atom stereocenters. The van der Waals surface area contributed by atoms with Crippen LogP contribution in [0.5, 0.6) is 0 Å². The third-order valence-electron chi connectivity index (χ3n) is 7.83.